The number of ether oxygens (including phenoxy) is 1. The molecule has 0 amide bonds. The molecule has 66 valence electrons. The molecule has 0 unspecified atom stereocenters. The molecule has 1 saturated heterocycles. The van der Waals surface area contributed by atoms with Crippen molar-refractivity contribution in [3.63, 3.8) is 0 Å². The van der Waals surface area contributed by atoms with Crippen LogP contribution in [0.3, 0.4) is 0 Å². The molecule has 0 radical (unpaired) electrons. The van der Waals surface area contributed by atoms with Gasteiger partial charge in [0, 0.05) is 25.1 Å². The number of rotatable bonds is 4. The maximum atomic E-state index is 5.55. The van der Waals surface area contributed by atoms with Crippen molar-refractivity contribution < 1.29 is 4.74 Å². The monoisotopic (exact) mass is 177 g/mol. The van der Waals surface area contributed by atoms with Crippen LogP contribution in [0.25, 0.3) is 0 Å². The van der Waals surface area contributed by atoms with Gasteiger partial charge < -0.3 is 10.1 Å². The molecule has 1 aliphatic heterocycles. The highest BCUT2D eigenvalue weighted by Crippen LogP contribution is 2.05. The Bertz CT molecular complexity index is 94.1. The van der Waals surface area contributed by atoms with Crippen LogP contribution >= 0.6 is 11.6 Å². The quantitative estimate of drug-likeness (QED) is 0.518. The van der Waals surface area contributed by atoms with Gasteiger partial charge in [0.25, 0.3) is 0 Å². The molecular weight excluding hydrogens is 162 g/mol. The molecule has 11 heavy (non-hydrogen) atoms. The van der Waals surface area contributed by atoms with Crippen LogP contribution in [-0.4, -0.2) is 31.7 Å². The summed E-state index contributed by atoms with van der Waals surface area (Å²) < 4.78 is 5.24. The Morgan fingerprint density at radius 2 is 2.09 bits per heavy atom. The third-order valence-electron chi connectivity index (χ3n) is 1.96. The van der Waals surface area contributed by atoms with Crippen molar-refractivity contribution in [2.24, 2.45) is 0 Å². The molecule has 0 aromatic rings. The van der Waals surface area contributed by atoms with E-state index in [1.807, 2.05) is 0 Å². The maximum absolute atomic E-state index is 5.55. The highest BCUT2D eigenvalue weighted by Gasteiger charge is 2.11. The Morgan fingerprint density at radius 3 is 2.73 bits per heavy atom. The highest BCUT2D eigenvalue weighted by molar-refractivity contribution is 6.17. The van der Waals surface area contributed by atoms with Crippen LogP contribution in [0.2, 0.25) is 0 Å². The van der Waals surface area contributed by atoms with Gasteiger partial charge in [-0.05, 0) is 25.8 Å². The van der Waals surface area contributed by atoms with E-state index in [1.54, 1.807) is 0 Å². The van der Waals surface area contributed by atoms with E-state index in [-0.39, 0.29) is 0 Å². The average molecular weight is 178 g/mol. The third-order valence-corrected chi connectivity index (χ3v) is 2.23. The first-order valence-corrected chi connectivity index (χ1v) is 4.84. The topological polar surface area (TPSA) is 21.3 Å². The normalized spacial score (nSPS) is 20.5. The first-order valence-electron chi connectivity index (χ1n) is 4.30. The lowest BCUT2D eigenvalue weighted by atomic mass is 10.1. The van der Waals surface area contributed by atoms with Gasteiger partial charge in [-0.2, -0.15) is 0 Å². The minimum Gasteiger partial charge on any atom is -0.381 e. The summed E-state index contributed by atoms with van der Waals surface area (Å²) in [6, 6.07) is 0.673. The lowest BCUT2D eigenvalue weighted by Gasteiger charge is -2.22. The van der Waals surface area contributed by atoms with Crippen molar-refractivity contribution in [3.8, 4) is 0 Å². The van der Waals surface area contributed by atoms with E-state index >= 15 is 0 Å². The predicted octanol–water partition coefficient (Wildman–Crippen LogP) is 1.38. The van der Waals surface area contributed by atoms with Gasteiger partial charge in [-0.3, -0.25) is 0 Å². The molecule has 2 nitrogen and oxygen atoms in total. The summed E-state index contributed by atoms with van der Waals surface area (Å²) in [6.07, 6.45) is 3.38. The molecule has 0 spiro atoms. The van der Waals surface area contributed by atoms with Gasteiger partial charge in [-0.1, -0.05) is 0 Å². The minimum atomic E-state index is 0.673. The van der Waals surface area contributed by atoms with E-state index in [4.69, 9.17) is 16.3 Å². The maximum Gasteiger partial charge on any atom is 0.0480 e. The van der Waals surface area contributed by atoms with Crippen LogP contribution in [-0.2, 0) is 4.74 Å². The molecule has 0 aromatic carbocycles. The molecule has 1 aliphatic rings. The van der Waals surface area contributed by atoms with Gasteiger partial charge in [0.15, 0.2) is 0 Å². The Morgan fingerprint density at radius 1 is 1.36 bits per heavy atom. The smallest absolute Gasteiger partial charge is 0.0480 e. The standard InChI is InChI=1S/C8H16ClNO/c9-4-1-5-10-8-2-6-11-7-3-8/h8,10H,1-7H2. The Labute approximate surface area is 73.3 Å². The van der Waals surface area contributed by atoms with E-state index < -0.39 is 0 Å². The highest BCUT2D eigenvalue weighted by atomic mass is 35.5. The van der Waals surface area contributed by atoms with Crippen molar-refractivity contribution >= 4 is 11.6 Å². The minimum absolute atomic E-state index is 0.673. The molecule has 3 heteroatoms. The average Bonchev–Trinajstić information content (AvgIpc) is 2.07. The zero-order valence-electron chi connectivity index (χ0n) is 6.81. The Kier molecular flexibility index (Phi) is 4.91. The number of halogens is 1. The summed E-state index contributed by atoms with van der Waals surface area (Å²) in [7, 11) is 0. The SMILES string of the molecule is ClCCCNC1CCOCC1. The van der Waals surface area contributed by atoms with Crippen molar-refractivity contribution in [3.05, 3.63) is 0 Å². The largest absolute Gasteiger partial charge is 0.381 e. The van der Waals surface area contributed by atoms with Crippen LogP contribution < -0.4 is 5.32 Å². The zero-order chi connectivity index (χ0) is 7.94. The molecule has 0 atom stereocenters. The molecule has 0 bridgehead atoms. The molecule has 1 rings (SSSR count). The summed E-state index contributed by atoms with van der Waals surface area (Å²) in [6.45, 7) is 2.88. The van der Waals surface area contributed by atoms with Gasteiger partial charge in [0.2, 0.25) is 0 Å². The van der Waals surface area contributed by atoms with Gasteiger partial charge in [0.05, 0.1) is 0 Å². The fourth-order valence-corrected chi connectivity index (χ4v) is 1.41. The third kappa shape index (κ3) is 3.94. The van der Waals surface area contributed by atoms with Crippen molar-refractivity contribution in [1.29, 1.82) is 0 Å². The fraction of sp³-hybridized carbons (Fsp3) is 1.00. The number of hydrogen-bond donors (Lipinski definition) is 1. The van der Waals surface area contributed by atoms with Crippen molar-refractivity contribution in [2.45, 2.75) is 25.3 Å². The van der Waals surface area contributed by atoms with Crippen LogP contribution in [0, 0.1) is 0 Å². The van der Waals surface area contributed by atoms with Crippen LogP contribution in [0.5, 0.6) is 0 Å². The van der Waals surface area contributed by atoms with Crippen molar-refractivity contribution in [2.75, 3.05) is 25.6 Å². The second-order valence-electron chi connectivity index (χ2n) is 2.88. The molecule has 1 heterocycles. The summed E-state index contributed by atoms with van der Waals surface area (Å²) in [5.41, 5.74) is 0. The lowest BCUT2D eigenvalue weighted by Crippen LogP contribution is -2.35. The summed E-state index contributed by atoms with van der Waals surface area (Å²) in [5, 5.41) is 3.46. The molecule has 0 saturated carbocycles. The van der Waals surface area contributed by atoms with Gasteiger partial charge >= 0.3 is 0 Å². The number of hydrogen-bond acceptors (Lipinski definition) is 2. The molecule has 0 aromatic heterocycles. The molecule has 1 N–H and O–H groups in total. The van der Waals surface area contributed by atoms with Crippen LogP contribution in [0.15, 0.2) is 0 Å². The van der Waals surface area contributed by atoms with E-state index in [0.717, 1.165) is 44.9 Å². The molecular formula is C8H16ClNO. The zero-order valence-corrected chi connectivity index (χ0v) is 7.57. The fourth-order valence-electron chi connectivity index (χ4n) is 1.27. The first kappa shape index (κ1) is 9.30. The van der Waals surface area contributed by atoms with Crippen LogP contribution in [0.1, 0.15) is 19.3 Å². The van der Waals surface area contributed by atoms with Crippen molar-refractivity contribution in [1.82, 2.24) is 5.32 Å². The Hall–Kier alpha value is 0.210. The van der Waals surface area contributed by atoms with Gasteiger partial charge in [-0.25, -0.2) is 0 Å². The second kappa shape index (κ2) is 5.81. The second-order valence-corrected chi connectivity index (χ2v) is 3.26. The number of alkyl halides is 1. The van der Waals surface area contributed by atoms with E-state index in [1.165, 1.54) is 0 Å². The molecule has 1 fully saturated rings. The summed E-state index contributed by atoms with van der Waals surface area (Å²) in [4.78, 5) is 0. The van der Waals surface area contributed by atoms with Gasteiger partial charge in [-0.15, -0.1) is 11.6 Å². The first-order chi connectivity index (χ1) is 5.43. The summed E-state index contributed by atoms with van der Waals surface area (Å²) in [5.74, 6) is 0.760. The van der Waals surface area contributed by atoms with Crippen LogP contribution in [0.4, 0.5) is 0 Å². The number of nitrogens with one attached hydrogen (secondary N) is 1. The van der Waals surface area contributed by atoms with E-state index in [2.05, 4.69) is 5.32 Å². The molecule has 0 aliphatic carbocycles. The van der Waals surface area contributed by atoms with E-state index in [0.29, 0.717) is 6.04 Å². The van der Waals surface area contributed by atoms with Gasteiger partial charge in [0.1, 0.15) is 0 Å². The Balaban J connectivity index is 1.96. The lowest BCUT2D eigenvalue weighted by molar-refractivity contribution is 0.0781. The predicted molar refractivity (Wildman–Crippen MR) is 47.2 cm³/mol. The van der Waals surface area contributed by atoms with E-state index in [9.17, 15) is 0 Å². The summed E-state index contributed by atoms with van der Waals surface area (Å²) >= 11 is 5.55.